The molecule has 1 heterocycles. The predicted molar refractivity (Wildman–Crippen MR) is 60.3 cm³/mol. The van der Waals surface area contributed by atoms with Gasteiger partial charge < -0.3 is 5.11 Å². The van der Waals surface area contributed by atoms with Crippen molar-refractivity contribution in [1.82, 2.24) is 0 Å². The van der Waals surface area contributed by atoms with E-state index in [0.29, 0.717) is 5.88 Å². The van der Waals surface area contributed by atoms with E-state index in [-0.39, 0.29) is 5.75 Å². The topological polar surface area (TPSA) is 20.2 Å². The van der Waals surface area contributed by atoms with Gasteiger partial charge in [-0.2, -0.15) is 0 Å². The summed E-state index contributed by atoms with van der Waals surface area (Å²) >= 11 is 11.5. The Balaban J connectivity index is 2.82. The van der Waals surface area contributed by atoms with Crippen molar-refractivity contribution in [3.8, 4) is 5.75 Å². The van der Waals surface area contributed by atoms with E-state index in [1.807, 2.05) is 11.4 Å². The first kappa shape index (κ1) is 9.19. The smallest absolute Gasteiger partial charge is 0.125 e. The number of thiol groups is 1. The Morgan fingerprint density at radius 1 is 1.46 bits per heavy atom. The summed E-state index contributed by atoms with van der Waals surface area (Å²) < 4.78 is 1.03. The van der Waals surface area contributed by atoms with E-state index >= 15 is 0 Å². The second-order valence-electron chi connectivity index (χ2n) is 2.73. The van der Waals surface area contributed by atoms with Gasteiger partial charge >= 0.3 is 0 Å². The highest BCUT2D eigenvalue weighted by atomic mass is 35.5. The molecule has 0 radical (unpaired) electrons. The minimum absolute atomic E-state index is 0.263. The van der Waals surface area contributed by atoms with Gasteiger partial charge in [-0.15, -0.1) is 35.6 Å². The molecule has 0 unspecified atom stereocenters. The van der Waals surface area contributed by atoms with Crippen molar-refractivity contribution in [1.29, 1.82) is 0 Å². The van der Waals surface area contributed by atoms with Crippen LogP contribution in [0, 0.1) is 0 Å². The standard InChI is InChI=1S/C9H7ClOS2/c10-3-5-4-13-8-2-6(12)1-7(11)9(5)8/h1-2,4,11-12H,3H2. The van der Waals surface area contributed by atoms with Gasteiger partial charge in [0.15, 0.2) is 0 Å². The summed E-state index contributed by atoms with van der Waals surface area (Å²) in [6.45, 7) is 0. The molecule has 0 aliphatic rings. The molecule has 4 heteroatoms. The molecule has 0 aliphatic carbocycles. The average Bonchev–Trinajstić information content (AvgIpc) is 2.47. The van der Waals surface area contributed by atoms with Crippen LogP contribution in [-0.2, 0) is 5.88 Å². The van der Waals surface area contributed by atoms with Crippen LogP contribution in [0.15, 0.2) is 22.4 Å². The average molecular weight is 231 g/mol. The van der Waals surface area contributed by atoms with Gasteiger partial charge in [-0.05, 0) is 23.1 Å². The monoisotopic (exact) mass is 230 g/mol. The Hall–Kier alpha value is -0.380. The quantitative estimate of drug-likeness (QED) is 0.566. The molecule has 1 N–H and O–H groups in total. The Morgan fingerprint density at radius 2 is 2.23 bits per heavy atom. The molecule has 1 aromatic carbocycles. The van der Waals surface area contributed by atoms with E-state index in [1.54, 1.807) is 17.4 Å². The first-order valence-electron chi connectivity index (χ1n) is 3.70. The second-order valence-corrected chi connectivity index (χ2v) is 4.43. The highest BCUT2D eigenvalue weighted by Gasteiger charge is 2.08. The van der Waals surface area contributed by atoms with Crippen LogP contribution in [-0.4, -0.2) is 5.11 Å². The van der Waals surface area contributed by atoms with Crippen molar-refractivity contribution in [2.75, 3.05) is 0 Å². The lowest BCUT2D eigenvalue weighted by atomic mass is 10.2. The molecule has 0 saturated carbocycles. The third-order valence-electron chi connectivity index (χ3n) is 1.86. The Bertz CT molecular complexity index is 450. The number of halogens is 1. The van der Waals surface area contributed by atoms with Crippen molar-refractivity contribution in [3.63, 3.8) is 0 Å². The first-order chi connectivity index (χ1) is 6.22. The van der Waals surface area contributed by atoms with E-state index < -0.39 is 0 Å². The number of benzene rings is 1. The summed E-state index contributed by atoms with van der Waals surface area (Å²) in [7, 11) is 0. The molecular formula is C9H7ClOS2. The fourth-order valence-electron chi connectivity index (χ4n) is 1.29. The zero-order chi connectivity index (χ0) is 9.42. The number of hydrogen-bond donors (Lipinski definition) is 2. The van der Waals surface area contributed by atoms with Crippen LogP contribution in [0.5, 0.6) is 5.75 Å². The predicted octanol–water partition coefficient (Wildman–Crippen LogP) is 3.63. The maximum absolute atomic E-state index is 9.65. The summed E-state index contributed by atoms with van der Waals surface area (Å²) in [6, 6.07) is 3.56. The number of phenols is 1. The first-order valence-corrected chi connectivity index (χ1v) is 5.56. The minimum Gasteiger partial charge on any atom is -0.507 e. The highest BCUT2D eigenvalue weighted by molar-refractivity contribution is 7.80. The number of aromatic hydroxyl groups is 1. The number of fused-ring (bicyclic) bond motifs is 1. The van der Waals surface area contributed by atoms with Crippen LogP contribution < -0.4 is 0 Å². The van der Waals surface area contributed by atoms with Gasteiger partial charge in [0.05, 0.1) is 0 Å². The third-order valence-corrected chi connectivity index (χ3v) is 3.38. The fourth-order valence-corrected chi connectivity index (χ4v) is 2.95. The molecule has 0 amide bonds. The van der Waals surface area contributed by atoms with Crippen LogP contribution in [0.25, 0.3) is 10.1 Å². The lowest BCUT2D eigenvalue weighted by Crippen LogP contribution is -1.75. The molecule has 1 aromatic heterocycles. The number of rotatable bonds is 1. The van der Waals surface area contributed by atoms with Gasteiger partial charge in [0.25, 0.3) is 0 Å². The number of alkyl halides is 1. The van der Waals surface area contributed by atoms with Gasteiger partial charge in [0.1, 0.15) is 5.75 Å². The zero-order valence-electron chi connectivity index (χ0n) is 6.62. The molecule has 0 fully saturated rings. The van der Waals surface area contributed by atoms with E-state index in [4.69, 9.17) is 11.6 Å². The maximum Gasteiger partial charge on any atom is 0.125 e. The van der Waals surface area contributed by atoms with Crippen LogP contribution in [0.2, 0.25) is 0 Å². The van der Waals surface area contributed by atoms with Gasteiger partial charge in [-0.25, -0.2) is 0 Å². The summed E-state index contributed by atoms with van der Waals surface area (Å²) in [5, 5.41) is 12.5. The van der Waals surface area contributed by atoms with Gasteiger partial charge in [-0.1, -0.05) is 0 Å². The van der Waals surface area contributed by atoms with Crippen LogP contribution in [0.1, 0.15) is 5.56 Å². The molecule has 0 atom stereocenters. The lowest BCUT2D eigenvalue weighted by Gasteiger charge is -1.99. The third kappa shape index (κ3) is 1.52. The van der Waals surface area contributed by atoms with Gasteiger partial charge in [0.2, 0.25) is 0 Å². The molecule has 2 aromatic rings. The fraction of sp³-hybridized carbons (Fsp3) is 0.111. The van der Waals surface area contributed by atoms with E-state index in [0.717, 1.165) is 20.5 Å². The highest BCUT2D eigenvalue weighted by Crippen LogP contribution is 2.35. The van der Waals surface area contributed by atoms with Gasteiger partial charge in [0, 0.05) is 20.9 Å². The number of hydrogen-bond acceptors (Lipinski definition) is 3. The number of phenolic OH excluding ortho intramolecular Hbond substituents is 1. The Morgan fingerprint density at radius 3 is 2.92 bits per heavy atom. The van der Waals surface area contributed by atoms with E-state index in [2.05, 4.69) is 12.6 Å². The molecule has 2 rings (SSSR count). The molecule has 0 bridgehead atoms. The van der Waals surface area contributed by atoms with E-state index in [1.165, 1.54) is 0 Å². The minimum atomic E-state index is 0.263. The van der Waals surface area contributed by atoms with Crippen molar-refractivity contribution in [2.45, 2.75) is 10.8 Å². The molecule has 0 spiro atoms. The summed E-state index contributed by atoms with van der Waals surface area (Å²) in [6.07, 6.45) is 0. The Labute approximate surface area is 90.4 Å². The van der Waals surface area contributed by atoms with Crippen LogP contribution in [0.4, 0.5) is 0 Å². The van der Waals surface area contributed by atoms with Crippen LogP contribution >= 0.6 is 35.6 Å². The van der Waals surface area contributed by atoms with Crippen molar-refractivity contribution in [3.05, 3.63) is 23.1 Å². The largest absolute Gasteiger partial charge is 0.507 e. The van der Waals surface area contributed by atoms with Crippen molar-refractivity contribution < 1.29 is 5.11 Å². The molecular weight excluding hydrogens is 224 g/mol. The molecule has 68 valence electrons. The molecule has 13 heavy (non-hydrogen) atoms. The summed E-state index contributed by atoms with van der Waals surface area (Å²) in [5.74, 6) is 0.693. The molecule has 0 aliphatic heterocycles. The number of thiophene rings is 1. The normalized spacial score (nSPS) is 10.9. The second kappa shape index (κ2) is 3.40. The summed E-state index contributed by atoms with van der Waals surface area (Å²) in [4.78, 5) is 0.771. The summed E-state index contributed by atoms with van der Waals surface area (Å²) in [5.41, 5.74) is 0.979. The van der Waals surface area contributed by atoms with Gasteiger partial charge in [-0.3, -0.25) is 0 Å². The molecule has 0 saturated heterocycles. The van der Waals surface area contributed by atoms with Crippen molar-refractivity contribution in [2.24, 2.45) is 0 Å². The zero-order valence-corrected chi connectivity index (χ0v) is 9.09. The van der Waals surface area contributed by atoms with E-state index in [9.17, 15) is 5.11 Å². The SMILES string of the molecule is Oc1cc(S)cc2scc(CCl)c12. The Kier molecular flexibility index (Phi) is 2.41. The van der Waals surface area contributed by atoms with Crippen molar-refractivity contribution >= 4 is 45.7 Å². The lowest BCUT2D eigenvalue weighted by molar-refractivity contribution is 0.480. The maximum atomic E-state index is 9.65. The van der Waals surface area contributed by atoms with Crippen LogP contribution in [0.3, 0.4) is 0 Å². The molecule has 1 nitrogen and oxygen atoms in total.